The van der Waals surface area contributed by atoms with E-state index in [0.29, 0.717) is 10.4 Å². The van der Waals surface area contributed by atoms with Crippen LogP contribution in [-0.4, -0.2) is 20.5 Å². The van der Waals surface area contributed by atoms with Crippen LogP contribution >= 0.6 is 27.3 Å². The van der Waals surface area contributed by atoms with E-state index in [2.05, 4.69) is 20.9 Å². The summed E-state index contributed by atoms with van der Waals surface area (Å²) in [5.41, 5.74) is 0.260. The number of imidazole rings is 1. The zero-order valence-corrected chi connectivity index (χ0v) is 9.02. The van der Waals surface area contributed by atoms with Gasteiger partial charge in [-0.1, -0.05) is 0 Å². The first-order chi connectivity index (χ1) is 6.11. The Labute approximate surface area is 86.0 Å². The van der Waals surface area contributed by atoms with Crippen molar-refractivity contribution in [3.8, 4) is 0 Å². The number of halogens is 1. The summed E-state index contributed by atoms with van der Waals surface area (Å²) in [6, 6.07) is 0. The topological polar surface area (TPSA) is 54.6 Å². The zero-order valence-electron chi connectivity index (χ0n) is 6.61. The normalized spacial score (nSPS) is 10.9. The fraction of sp³-hybridized carbons (Fsp3) is 0.143. The highest BCUT2D eigenvalue weighted by Crippen LogP contribution is 2.26. The third-order valence-electron chi connectivity index (χ3n) is 1.71. The van der Waals surface area contributed by atoms with E-state index < -0.39 is 5.97 Å². The summed E-state index contributed by atoms with van der Waals surface area (Å²) >= 11 is 4.63. The highest BCUT2D eigenvalue weighted by Gasteiger charge is 2.15. The van der Waals surface area contributed by atoms with Crippen LogP contribution < -0.4 is 0 Å². The van der Waals surface area contributed by atoms with Crippen LogP contribution in [0, 0.1) is 6.92 Å². The number of fused-ring (bicyclic) bond motifs is 1. The molecule has 0 saturated heterocycles. The third kappa shape index (κ3) is 1.17. The standard InChI is InChI=1S/C7H5BrN2O2S/c1-3-9-5(8)6-10(3)4(2-13-6)7(11)12/h2H,1H3,(H,11,12). The number of hydrogen-bond donors (Lipinski definition) is 1. The van der Waals surface area contributed by atoms with Crippen molar-refractivity contribution in [3.05, 3.63) is 21.5 Å². The SMILES string of the molecule is Cc1nc(Br)c2scc(C(=O)O)n12. The van der Waals surface area contributed by atoms with Gasteiger partial charge in [0, 0.05) is 5.38 Å². The Morgan fingerprint density at radius 3 is 3.08 bits per heavy atom. The Morgan fingerprint density at radius 2 is 2.46 bits per heavy atom. The maximum Gasteiger partial charge on any atom is 0.353 e. The van der Waals surface area contributed by atoms with Gasteiger partial charge < -0.3 is 5.11 Å². The van der Waals surface area contributed by atoms with Gasteiger partial charge in [-0.25, -0.2) is 9.78 Å². The van der Waals surface area contributed by atoms with E-state index in [1.54, 1.807) is 16.7 Å². The van der Waals surface area contributed by atoms with Gasteiger partial charge in [0.25, 0.3) is 0 Å². The number of rotatable bonds is 1. The van der Waals surface area contributed by atoms with Gasteiger partial charge in [-0.15, -0.1) is 11.3 Å². The average molecular weight is 261 g/mol. The van der Waals surface area contributed by atoms with Crippen LogP contribution in [0.2, 0.25) is 0 Å². The first kappa shape index (κ1) is 8.71. The van der Waals surface area contributed by atoms with Crippen LogP contribution in [-0.2, 0) is 0 Å². The molecule has 0 unspecified atom stereocenters. The van der Waals surface area contributed by atoms with Crippen molar-refractivity contribution in [2.75, 3.05) is 0 Å². The second-order valence-electron chi connectivity index (χ2n) is 2.52. The highest BCUT2D eigenvalue weighted by molar-refractivity contribution is 9.10. The molecule has 68 valence electrons. The lowest BCUT2D eigenvalue weighted by Gasteiger charge is -1.92. The summed E-state index contributed by atoms with van der Waals surface area (Å²) in [4.78, 5) is 15.7. The van der Waals surface area contributed by atoms with Crippen LogP contribution in [0.1, 0.15) is 16.3 Å². The lowest BCUT2D eigenvalue weighted by atomic mass is 10.5. The van der Waals surface area contributed by atoms with Crippen molar-refractivity contribution in [1.29, 1.82) is 0 Å². The molecule has 0 aliphatic rings. The molecule has 2 aromatic rings. The molecule has 0 amide bonds. The highest BCUT2D eigenvalue weighted by atomic mass is 79.9. The fourth-order valence-electron chi connectivity index (χ4n) is 1.17. The molecule has 13 heavy (non-hydrogen) atoms. The van der Waals surface area contributed by atoms with Crippen LogP contribution in [0.3, 0.4) is 0 Å². The van der Waals surface area contributed by atoms with E-state index >= 15 is 0 Å². The van der Waals surface area contributed by atoms with Gasteiger partial charge in [0.15, 0.2) is 0 Å². The minimum Gasteiger partial charge on any atom is -0.477 e. The molecular formula is C7H5BrN2O2S. The average Bonchev–Trinajstić information content (AvgIpc) is 2.55. The van der Waals surface area contributed by atoms with Gasteiger partial charge in [0.1, 0.15) is 21.0 Å². The zero-order chi connectivity index (χ0) is 9.59. The van der Waals surface area contributed by atoms with E-state index in [0.717, 1.165) is 4.83 Å². The number of carboxylic acid groups (broad SMARTS) is 1. The quantitative estimate of drug-likeness (QED) is 0.855. The molecule has 0 fully saturated rings. The van der Waals surface area contributed by atoms with E-state index in [9.17, 15) is 4.79 Å². The number of aromatic nitrogens is 2. The third-order valence-corrected chi connectivity index (χ3v) is 3.46. The van der Waals surface area contributed by atoms with Crippen molar-refractivity contribution in [2.45, 2.75) is 6.92 Å². The Balaban J connectivity index is 2.86. The molecule has 4 nitrogen and oxygen atoms in total. The first-order valence-corrected chi connectivity index (χ1v) is 5.14. The molecule has 0 aliphatic heterocycles. The van der Waals surface area contributed by atoms with Gasteiger partial charge in [-0.2, -0.15) is 0 Å². The largest absolute Gasteiger partial charge is 0.477 e. The van der Waals surface area contributed by atoms with Crippen LogP contribution in [0.15, 0.2) is 9.98 Å². The predicted molar refractivity (Wildman–Crippen MR) is 52.5 cm³/mol. The van der Waals surface area contributed by atoms with Crippen molar-refractivity contribution in [3.63, 3.8) is 0 Å². The lowest BCUT2D eigenvalue weighted by Crippen LogP contribution is -2.01. The minimum atomic E-state index is -0.931. The number of aryl methyl sites for hydroxylation is 1. The van der Waals surface area contributed by atoms with E-state index in [1.165, 1.54) is 11.3 Å². The lowest BCUT2D eigenvalue weighted by molar-refractivity contribution is 0.0689. The summed E-state index contributed by atoms with van der Waals surface area (Å²) < 4.78 is 2.32. The summed E-state index contributed by atoms with van der Waals surface area (Å²) in [7, 11) is 0. The maximum atomic E-state index is 10.8. The van der Waals surface area contributed by atoms with Crippen molar-refractivity contribution in [2.24, 2.45) is 0 Å². The summed E-state index contributed by atoms with van der Waals surface area (Å²) in [5.74, 6) is -0.250. The van der Waals surface area contributed by atoms with Crippen molar-refractivity contribution >= 4 is 38.1 Å². The van der Waals surface area contributed by atoms with Crippen LogP contribution in [0.25, 0.3) is 4.83 Å². The molecule has 2 heterocycles. The van der Waals surface area contributed by atoms with Crippen molar-refractivity contribution < 1.29 is 9.90 Å². The second-order valence-corrected chi connectivity index (χ2v) is 4.13. The smallest absolute Gasteiger partial charge is 0.353 e. The molecule has 0 aliphatic carbocycles. The van der Waals surface area contributed by atoms with Crippen LogP contribution in [0.5, 0.6) is 0 Å². The predicted octanol–water partition coefficient (Wildman–Crippen LogP) is 2.16. The second kappa shape index (κ2) is 2.81. The van der Waals surface area contributed by atoms with Gasteiger partial charge in [-0.05, 0) is 22.9 Å². The first-order valence-electron chi connectivity index (χ1n) is 3.46. The monoisotopic (exact) mass is 260 g/mol. The van der Waals surface area contributed by atoms with E-state index in [1.807, 2.05) is 0 Å². The summed E-state index contributed by atoms with van der Waals surface area (Å²) in [5, 5.41) is 10.5. The fourth-order valence-corrected chi connectivity index (χ4v) is 2.80. The molecule has 2 aromatic heterocycles. The van der Waals surface area contributed by atoms with E-state index in [4.69, 9.17) is 5.11 Å². The van der Waals surface area contributed by atoms with E-state index in [-0.39, 0.29) is 5.69 Å². The molecule has 1 N–H and O–H groups in total. The molecule has 0 aromatic carbocycles. The van der Waals surface area contributed by atoms with Gasteiger partial charge in [0.2, 0.25) is 0 Å². The Bertz CT molecular complexity index is 488. The molecule has 0 spiro atoms. The molecule has 0 atom stereocenters. The molecule has 6 heteroatoms. The summed E-state index contributed by atoms with van der Waals surface area (Å²) in [6.45, 7) is 1.77. The van der Waals surface area contributed by atoms with Gasteiger partial charge in [-0.3, -0.25) is 4.40 Å². The summed E-state index contributed by atoms with van der Waals surface area (Å²) in [6.07, 6.45) is 0. The van der Waals surface area contributed by atoms with Crippen LogP contribution in [0.4, 0.5) is 0 Å². The maximum absolute atomic E-state index is 10.8. The number of aromatic carboxylic acids is 1. The number of carbonyl (C=O) groups is 1. The molecule has 2 rings (SSSR count). The Morgan fingerprint density at radius 1 is 1.77 bits per heavy atom. The Hall–Kier alpha value is -0.880. The van der Waals surface area contributed by atoms with Crippen molar-refractivity contribution in [1.82, 2.24) is 9.38 Å². The number of hydrogen-bond acceptors (Lipinski definition) is 3. The number of thiazole rings is 1. The van der Waals surface area contributed by atoms with Gasteiger partial charge >= 0.3 is 5.97 Å². The molecule has 0 radical (unpaired) electrons. The van der Waals surface area contributed by atoms with Gasteiger partial charge in [0.05, 0.1) is 0 Å². The number of nitrogens with zero attached hydrogens (tertiary/aromatic N) is 2. The number of carboxylic acids is 1. The minimum absolute atomic E-state index is 0.260. The molecular weight excluding hydrogens is 256 g/mol. The Kier molecular flexibility index (Phi) is 1.88. The molecule has 0 bridgehead atoms. The molecule has 0 saturated carbocycles.